The first-order valence-electron chi connectivity index (χ1n) is 6.58. The predicted octanol–water partition coefficient (Wildman–Crippen LogP) is 3.38. The topological polar surface area (TPSA) is 46.2 Å². The van der Waals surface area contributed by atoms with Gasteiger partial charge in [-0.25, -0.2) is 0 Å². The number of benzene rings is 2. The van der Waals surface area contributed by atoms with Crippen molar-refractivity contribution in [2.24, 2.45) is 0 Å². The molecule has 3 nitrogen and oxygen atoms in total. The fourth-order valence-electron chi connectivity index (χ4n) is 2.04. The summed E-state index contributed by atoms with van der Waals surface area (Å²) in [6.07, 6.45) is 1.90. The molecule has 0 aliphatic carbocycles. The molecule has 2 aromatic carbocycles. The molecular weight excluding hydrogens is 250 g/mol. The van der Waals surface area contributed by atoms with Crippen molar-refractivity contribution >= 4 is 17.9 Å². The predicted molar refractivity (Wildman–Crippen MR) is 80.0 cm³/mol. The number of nitrogens with one attached hydrogen (secondary N) is 1. The van der Waals surface area contributed by atoms with Crippen LogP contribution in [0.25, 0.3) is 0 Å². The lowest BCUT2D eigenvalue weighted by Crippen LogP contribution is -2.12. The van der Waals surface area contributed by atoms with Gasteiger partial charge in [0, 0.05) is 17.7 Å². The molecule has 0 heterocycles. The fourth-order valence-corrected chi connectivity index (χ4v) is 2.04. The van der Waals surface area contributed by atoms with E-state index in [1.165, 1.54) is 5.56 Å². The highest BCUT2D eigenvalue weighted by Crippen LogP contribution is 2.11. The number of aryl methyl sites for hydroxylation is 2. The van der Waals surface area contributed by atoms with E-state index in [9.17, 15) is 9.59 Å². The Morgan fingerprint density at radius 2 is 1.95 bits per heavy atom. The van der Waals surface area contributed by atoms with Gasteiger partial charge in [0.2, 0.25) is 5.91 Å². The summed E-state index contributed by atoms with van der Waals surface area (Å²) in [5.74, 6) is -0.0467. The summed E-state index contributed by atoms with van der Waals surface area (Å²) >= 11 is 0. The molecule has 20 heavy (non-hydrogen) atoms. The summed E-state index contributed by atoms with van der Waals surface area (Å²) in [6.45, 7) is 2.04. The third-order valence-corrected chi connectivity index (χ3v) is 3.03. The van der Waals surface area contributed by atoms with Gasteiger partial charge in [-0.05, 0) is 31.0 Å². The van der Waals surface area contributed by atoms with Crippen LogP contribution in [0.5, 0.6) is 0 Å². The van der Waals surface area contributed by atoms with Crippen LogP contribution in [-0.2, 0) is 11.2 Å². The Hall–Kier alpha value is -2.42. The monoisotopic (exact) mass is 267 g/mol. The minimum absolute atomic E-state index is 0.0467. The molecule has 0 saturated heterocycles. The normalized spacial score (nSPS) is 10.1. The van der Waals surface area contributed by atoms with E-state index in [4.69, 9.17) is 0 Å². The highest BCUT2D eigenvalue weighted by atomic mass is 16.1. The number of amides is 1. The summed E-state index contributed by atoms with van der Waals surface area (Å²) in [5, 5.41) is 2.80. The van der Waals surface area contributed by atoms with E-state index in [-0.39, 0.29) is 5.91 Å². The van der Waals surface area contributed by atoms with E-state index >= 15 is 0 Å². The van der Waals surface area contributed by atoms with Gasteiger partial charge in [-0.2, -0.15) is 0 Å². The number of carbonyl (C=O) groups excluding carboxylic acids is 2. The summed E-state index contributed by atoms with van der Waals surface area (Å²) in [6, 6.07) is 15.0. The van der Waals surface area contributed by atoms with Crippen molar-refractivity contribution in [2.75, 3.05) is 5.32 Å². The zero-order valence-electron chi connectivity index (χ0n) is 11.4. The minimum atomic E-state index is -0.0467. The Morgan fingerprint density at radius 3 is 2.70 bits per heavy atom. The number of rotatable bonds is 5. The molecule has 1 amide bonds. The van der Waals surface area contributed by atoms with E-state index < -0.39 is 0 Å². The first-order chi connectivity index (χ1) is 9.67. The zero-order valence-corrected chi connectivity index (χ0v) is 11.4. The van der Waals surface area contributed by atoms with Crippen molar-refractivity contribution in [2.45, 2.75) is 19.8 Å². The Morgan fingerprint density at radius 1 is 1.15 bits per heavy atom. The molecule has 0 radical (unpaired) electrons. The van der Waals surface area contributed by atoms with Gasteiger partial charge >= 0.3 is 0 Å². The quantitative estimate of drug-likeness (QED) is 0.844. The van der Waals surface area contributed by atoms with Crippen LogP contribution in [0.1, 0.15) is 27.9 Å². The Kier molecular flexibility index (Phi) is 4.66. The summed E-state index contributed by atoms with van der Waals surface area (Å²) in [5.41, 5.74) is 3.56. The number of hydrogen-bond donors (Lipinski definition) is 1. The molecule has 0 unspecified atom stereocenters. The molecule has 0 aromatic heterocycles. The molecule has 0 fully saturated rings. The third-order valence-electron chi connectivity index (χ3n) is 3.03. The van der Waals surface area contributed by atoms with Crippen molar-refractivity contribution in [3.8, 4) is 0 Å². The molecule has 0 aliphatic heterocycles. The van der Waals surface area contributed by atoms with Gasteiger partial charge in [-0.1, -0.05) is 42.0 Å². The lowest BCUT2D eigenvalue weighted by molar-refractivity contribution is -0.116. The SMILES string of the molecule is Cc1cccc(CCC(=O)Nc2cccc(C=O)c2)c1. The molecule has 1 N–H and O–H groups in total. The fraction of sp³-hybridized carbons (Fsp3) is 0.176. The lowest BCUT2D eigenvalue weighted by Gasteiger charge is -2.06. The minimum Gasteiger partial charge on any atom is -0.326 e. The van der Waals surface area contributed by atoms with E-state index in [2.05, 4.69) is 11.4 Å². The van der Waals surface area contributed by atoms with Crippen LogP contribution in [-0.4, -0.2) is 12.2 Å². The second-order valence-corrected chi connectivity index (χ2v) is 4.78. The van der Waals surface area contributed by atoms with Gasteiger partial charge in [-0.3, -0.25) is 9.59 Å². The van der Waals surface area contributed by atoms with Crippen LogP contribution >= 0.6 is 0 Å². The maximum absolute atomic E-state index is 11.9. The summed E-state index contributed by atoms with van der Waals surface area (Å²) in [4.78, 5) is 22.5. The number of hydrogen-bond acceptors (Lipinski definition) is 2. The second-order valence-electron chi connectivity index (χ2n) is 4.78. The van der Waals surface area contributed by atoms with Crippen LogP contribution in [0.4, 0.5) is 5.69 Å². The second kappa shape index (κ2) is 6.66. The maximum atomic E-state index is 11.9. The maximum Gasteiger partial charge on any atom is 0.224 e. The van der Waals surface area contributed by atoms with Gasteiger partial charge in [0.1, 0.15) is 6.29 Å². The Bertz CT molecular complexity index is 620. The van der Waals surface area contributed by atoms with Crippen molar-refractivity contribution in [3.63, 3.8) is 0 Å². The molecule has 3 heteroatoms. The molecule has 0 aliphatic rings. The Labute approximate surface area is 118 Å². The summed E-state index contributed by atoms with van der Waals surface area (Å²) < 4.78 is 0. The standard InChI is InChI=1S/C17H17NO2/c1-13-4-2-5-14(10-13)8-9-17(20)18-16-7-3-6-15(11-16)12-19/h2-7,10-12H,8-9H2,1H3,(H,18,20). The van der Waals surface area contributed by atoms with E-state index in [0.29, 0.717) is 24.1 Å². The molecule has 0 saturated carbocycles. The Balaban J connectivity index is 1.90. The molecule has 2 aromatic rings. The van der Waals surface area contributed by atoms with Crippen molar-refractivity contribution in [1.82, 2.24) is 0 Å². The van der Waals surface area contributed by atoms with Crippen molar-refractivity contribution in [1.29, 1.82) is 0 Å². The average molecular weight is 267 g/mol. The van der Waals surface area contributed by atoms with Crippen molar-refractivity contribution < 1.29 is 9.59 Å². The number of aldehydes is 1. The molecule has 0 spiro atoms. The van der Waals surface area contributed by atoms with Gasteiger partial charge in [0.15, 0.2) is 0 Å². The van der Waals surface area contributed by atoms with Crippen LogP contribution < -0.4 is 5.32 Å². The highest BCUT2D eigenvalue weighted by molar-refractivity contribution is 5.91. The molecular formula is C17H17NO2. The highest BCUT2D eigenvalue weighted by Gasteiger charge is 2.04. The zero-order chi connectivity index (χ0) is 14.4. The summed E-state index contributed by atoms with van der Waals surface area (Å²) in [7, 11) is 0. The largest absolute Gasteiger partial charge is 0.326 e. The van der Waals surface area contributed by atoms with Gasteiger partial charge < -0.3 is 5.32 Å². The van der Waals surface area contributed by atoms with E-state index in [1.54, 1.807) is 24.3 Å². The lowest BCUT2D eigenvalue weighted by atomic mass is 10.1. The van der Waals surface area contributed by atoms with Crippen molar-refractivity contribution in [3.05, 3.63) is 65.2 Å². The number of carbonyl (C=O) groups is 2. The third kappa shape index (κ3) is 4.05. The van der Waals surface area contributed by atoms with Gasteiger partial charge in [0.05, 0.1) is 0 Å². The van der Waals surface area contributed by atoms with Gasteiger partial charge in [0.25, 0.3) is 0 Å². The molecule has 0 bridgehead atoms. The number of anilines is 1. The van der Waals surface area contributed by atoms with Crippen LogP contribution in [0.15, 0.2) is 48.5 Å². The van der Waals surface area contributed by atoms with Crippen LogP contribution in [0.3, 0.4) is 0 Å². The molecule has 102 valence electrons. The van der Waals surface area contributed by atoms with Crippen LogP contribution in [0.2, 0.25) is 0 Å². The first-order valence-corrected chi connectivity index (χ1v) is 6.58. The van der Waals surface area contributed by atoms with E-state index in [1.807, 2.05) is 25.1 Å². The molecule has 0 atom stereocenters. The van der Waals surface area contributed by atoms with Gasteiger partial charge in [-0.15, -0.1) is 0 Å². The smallest absolute Gasteiger partial charge is 0.224 e. The first kappa shape index (κ1) is 14.0. The van der Waals surface area contributed by atoms with E-state index in [0.717, 1.165) is 11.8 Å². The molecule has 2 rings (SSSR count). The average Bonchev–Trinajstić information content (AvgIpc) is 2.45. The van der Waals surface area contributed by atoms with Crippen LogP contribution in [0, 0.1) is 6.92 Å².